The molecule has 0 bridgehead atoms. The zero-order valence-corrected chi connectivity index (χ0v) is 27.9. The highest BCUT2D eigenvalue weighted by Crippen LogP contribution is 2.52. The molecule has 0 amide bonds. The highest BCUT2D eigenvalue weighted by Gasteiger charge is 2.46. The van der Waals surface area contributed by atoms with Gasteiger partial charge in [-0.05, 0) is 94.6 Å². The molecule has 2 heteroatoms. The Labute approximate surface area is 279 Å². The molecule has 0 aliphatic carbocycles. The predicted molar refractivity (Wildman–Crippen MR) is 199 cm³/mol. The molecule has 0 N–H and O–H groups in total. The van der Waals surface area contributed by atoms with Crippen LogP contribution in [0.5, 0.6) is 0 Å². The van der Waals surface area contributed by atoms with Gasteiger partial charge in [0.1, 0.15) is 0 Å². The first-order chi connectivity index (χ1) is 22.3. The van der Waals surface area contributed by atoms with Crippen LogP contribution >= 0.6 is 11.6 Å². The second-order valence-electron chi connectivity index (χ2n) is 12.9. The number of benzene rings is 5. The predicted octanol–water partition coefficient (Wildman–Crippen LogP) is 11.5. The first kappa shape index (κ1) is 31.4. The van der Waals surface area contributed by atoms with Gasteiger partial charge in [-0.2, -0.15) is 0 Å². The van der Waals surface area contributed by atoms with E-state index < -0.39 is 0 Å². The van der Waals surface area contributed by atoms with Crippen LogP contribution in [0.1, 0.15) is 41.2 Å². The maximum Gasteiger partial charge on any atom is 0.0456 e. The number of rotatable bonds is 10. The lowest BCUT2D eigenvalue weighted by Gasteiger charge is -2.34. The van der Waals surface area contributed by atoms with Crippen LogP contribution in [0.25, 0.3) is 10.8 Å². The zero-order chi connectivity index (χ0) is 32.3. The molecule has 0 radical (unpaired) electrons. The van der Waals surface area contributed by atoms with Crippen molar-refractivity contribution in [1.29, 1.82) is 0 Å². The highest BCUT2D eigenvalue weighted by atomic mass is 35.5. The first-order valence-corrected chi connectivity index (χ1v) is 16.4. The molecule has 0 spiro atoms. The van der Waals surface area contributed by atoms with Gasteiger partial charge in [0, 0.05) is 34.3 Å². The number of aryl methyl sites for hydroxylation is 1. The Morgan fingerprint density at radius 3 is 2.13 bits per heavy atom. The van der Waals surface area contributed by atoms with E-state index in [1.165, 1.54) is 50.0 Å². The Bertz CT molecular complexity index is 1910. The molecule has 1 unspecified atom stereocenters. The summed E-state index contributed by atoms with van der Waals surface area (Å²) in [6.45, 7) is 13.3. The van der Waals surface area contributed by atoms with Crippen molar-refractivity contribution in [2.24, 2.45) is 0 Å². The van der Waals surface area contributed by atoms with Crippen LogP contribution < -0.4 is 4.90 Å². The zero-order valence-electron chi connectivity index (χ0n) is 27.1. The van der Waals surface area contributed by atoms with Gasteiger partial charge in [0.2, 0.25) is 0 Å². The lowest BCUT2D eigenvalue weighted by Crippen LogP contribution is -2.34. The van der Waals surface area contributed by atoms with Crippen LogP contribution in [0.3, 0.4) is 0 Å². The summed E-state index contributed by atoms with van der Waals surface area (Å²) in [4.78, 5) is 2.35. The number of hydrogen-bond acceptors (Lipinski definition) is 1. The molecule has 1 nitrogen and oxygen atoms in total. The minimum atomic E-state index is -0.319. The number of anilines is 1. The number of allylic oxidation sites excluding steroid dienone is 6. The monoisotopic (exact) mass is 619 g/mol. The molecule has 5 aromatic carbocycles. The second-order valence-corrected chi connectivity index (χ2v) is 13.3. The van der Waals surface area contributed by atoms with Crippen molar-refractivity contribution < 1.29 is 0 Å². The quantitative estimate of drug-likeness (QED) is 0.111. The van der Waals surface area contributed by atoms with E-state index in [1.807, 2.05) is 12.1 Å². The smallest absolute Gasteiger partial charge is 0.0456 e. The van der Waals surface area contributed by atoms with E-state index >= 15 is 0 Å². The van der Waals surface area contributed by atoms with Gasteiger partial charge in [0.05, 0.1) is 0 Å². The van der Waals surface area contributed by atoms with Crippen molar-refractivity contribution in [2.45, 2.75) is 43.9 Å². The van der Waals surface area contributed by atoms with Gasteiger partial charge in [-0.15, -0.1) is 6.58 Å². The topological polar surface area (TPSA) is 3.24 Å². The van der Waals surface area contributed by atoms with Crippen molar-refractivity contribution in [3.63, 3.8) is 0 Å². The molecular formula is C44H42ClN. The third-order valence-corrected chi connectivity index (χ3v) is 10.1. The fourth-order valence-corrected chi connectivity index (χ4v) is 7.77. The summed E-state index contributed by atoms with van der Waals surface area (Å²) < 4.78 is 0. The van der Waals surface area contributed by atoms with E-state index in [9.17, 15) is 0 Å². The minimum absolute atomic E-state index is 0.315. The van der Waals surface area contributed by atoms with Crippen LogP contribution in [0.2, 0.25) is 5.02 Å². The van der Waals surface area contributed by atoms with Crippen LogP contribution in [-0.2, 0) is 23.7 Å². The number of nitrogens with zero attached hydrogens (tertiary/aromatic N) is 1. The van der Waals surface area contributed by atoms with Gasteiger partial charge in [-0.1, -0.05) is 140 Å². The summed E-state index contributed by atoms with van der Waals surface area (Å²) in [6, 6.07) is 41.1. The van der Waals surface area contributed by atoms with Gasteiger partial charge in [-0.3, -0.25) is 0 Å². The van der Waals surface area contributed by atoms with E-state index in [0.717, 1.165) is 29.9 Å². The Balaban J connectivity index is 1.47. The van der Waals surface area contributed by atoms with Crippen LogP contribution in [0.15, 0.2) is 164 Å². The molecule has 1 heterocycles. The third-order valence-electron chi connectivity index (χ3n) is 9.89. The lowest BCUT2D eigenvalue weighted by atomic mass is 9.70. The Kier molecular flexibility index (Phi) is 8.89. The number of hydrogen-bond donors (Lipinski definition) is 0. The van der Waals surface area contributed by atoms with Crippen molar-refractivity contribution >= 4 is 28.1 Å². The summed E-state index contributed by atoms with van der Waals surface area (Å²) in [7, 11) is 2.18. The van der Waals surface area contributed by atoms with Gasteiger partial charge >= 0.3 is 0 Å². The van der Waals surface area contributed by atoms with Crippen LogP contribution in [-0.4, -0.2) is 7.05 Å². The molecule has 46 heavy (non-hydrogen) atoms. The van der Waals surface area contributed by atoms with E-state index in [1.54, 1.807) is 0 Å². The van der Waals surface area contributed by atoms with Crippen molar-refractivity contribution in [1.82, 2.24) is 0 Å². The largest absolute Gasteiger partial charge is 0.347 e. The van der Waals surface area contributed by atoms with E-state index in [0.29, 0.717) is 0 Å². The van der Waals surface area contributed by atoms with Gasteiger partial charge in [0.15, 0.2) is 0 Å². The normalized spacial score (nSPS) is 16.1. The van der Waals surface area contributed by atoms with Crippen LogP contribution in [0, 0.1) is 6.92 Å². The average molecular weight is 620 g/mol. The van der Waals surface area contributed by atoms with Crippen LogP contribution in [0.4, 0.5) is 5.69 Å². The Morgan fingerprint density at radius 2 is 1.48 bits per heavy atom. The van der Waals surface area contributed by atoms with Gasteiger partial charge in [-0.25, -0.2) is 0 Å². The Morgan fingerprint density at radius 1 is 0.848 bits per heavy atom. The summed E-state index contributed by atoms with van der Waals surface area (Å²) in [5, 5.41) is 3.27. The van der Waals surface area contributed by atoms with E-state index in [4.69, 9.17) is 11.6 Å². The lowest BCUT2D eigenvalue weighted by molar-refractivity contribution is 0.507. The molecule has 0 fully saturated rings. The maximum absolute atomic E-state index is 6.72. The summed E-state index contributed by atoms with van der Waals surface area (Å²) in [6.07, 6.45) is 11.2. The summed E-state index contributed by atoms with van der Waals surface area (Å²) in [5.74, 6) is 0. The molecule has 0 saturated heterocycles. The average Bonchev–Trinajstić information content (AvgIpc) is 3.27. The summed E-state index contributed by atoms with van der Waals surface area (Å²) in [5.41, 5.74) is 9.29. The molecule has 0 aromatic heterocycles. The molecule has 230 valence electrons. The molecule has 1 atom stereocenters. The number of likely N-dealkylation sites (N-methyl/N-ethyl adjacent to an activating group) is 1. The van der Waals surface area contributed by atoms with Gasteiger partial charge in [0.25, 0.3) is 0 Å². The second kappa shape index (κ2) is 13.0. The van der Waals surface area contributed by atoms with Crippen molar-refractivity contribution in [2.75, 3.05) is 11.9 Å². The maximum atomic E-state index is 6.72. The first-order valence-electron chi connectivity index (χ1n) is 16.1. The number of halogens is 1. The fourth-order valence-electron chi connectivity index (χ4n) is 7.60. The molecule has 5 aromatic rings. The summed E-state index contributed by atoms with van der Waals surface area (Å²) >= 11 is 6.72. The molecule has 0 saturated carbocycles. The molecule has 1 aliphatic rings. The molecule has 1 aliphatic heterocycles. The fraction of sp³-hybridized carbons (Fsp3) is 0.182. The van der Waals surface area contributed by atoms with E-state index in [2.05, 4.69) is 166 Å². The highest BCUT2D eigenvalue weighted by molar-refractivity contribution is 6.30. The SMILES string of the molecule is C=CCC(C)(C(=C)/C=C/C=C1/N(C)c2ccc(Cl)cc2C1(Cc1ccccc1)Cc1ccccc1)c1c(C)ccc2ccccc12. The van der Waals surface area contributed by atoms with Crippen molar-refractivity contribution in [3.05, 3.63) is 197 Å². The standard InChI is InChI=1S/C44H42ClN/c1-6-28-43(4,42-32(2)24-25-36-21-13-14-22-38(36)42)33(3)16-15-23-41-44(30-34-17-9-7-10-18-34,31-35-19-11-8-12-20-35)39-29-37(45)26-27-40(39)46(41)5/h6-27,29H,1,3,28,30-31H2,2,4-5H3/b16-15+,41-23+. The number of fused-ring (bicyclic) bond motifs is 2. The minimum Gasteiger partial charge on any atom is -0.347 e. The molecular weight excluding hydrogens is 578 g/mol. The molecule has 6 rings (SSSR count). The van der Waals surface area contributed by atoms with Crippen molar-refractivity contribution in [3.8, 4) is 0 Å². The van der Waals surface area contributed by atoms with E-state index in [-0.39, 0.29) is 10.8 Å². The van der Waals surface area contributed by atoms with Gasteiger partial charge < -0.3 is 4.90 Å². The Hall–Kier alpha value is -4.59. The third kappa shape index (κ3) is 5.77.